The number of ether oxygens (including phenoxy) is 2. The van der Waals surface area contributed by atoms with Crippen molar-refractivity contribution in [1.82, 2.24) is 5.32 Å². The second kappa shape index (κ2) is 10.2. The van der Waals surface area contributed by atoms with Crippen molar-refractivity contribution in [3.63, 3.8) is 0 Å². The molecule has 6 nitrogen and oxygen atoms in total. The SMILES string of the molecule is CCC(C)NC(=O)c1cccc(NC(=O)/C=C/c2ccc(OC)c(OC)c2)c1. The Morgan fingerprint density at radius 2 is 1.82 bits per heavy atom. The van der Waals surface area contributed by atoms with Crippen LogP contribution in [0.5, 0.6) is 11.5 Å². The van der Waals surface area contributed by atoms with Crippen LogP contribution in [-0.2, 0) is 4.79 Å². The second-order valence-electron chi connectivity index (χ2n) is 6.30. The molecule has 6 heteroatoms. The quantitative estimate of drug-likeness (QED) is 0.679. The Morgan fingerprint density at radius 1 is 1.07 bits per heavy atom. The lowest BCUT2D eigenvalue weighted by atomic mass is 10.1. The van der Waals surface area contributed by atoms with Gasteiger partial charge in [0, 0.05) is 23.4 Å². The molecule has 28 heavy (non-hydrogen) atoms. The molecule has 2 N–H and O–H groups in total. The van der Waals surface area contributed by atoms with Crippen LogP contribution < -0.4 is 20.1 Å². The third-order valence-corrected chi connectivity index (χ3v) is 4.22. The number of carbonyl (C=O) groups is 2. The number of anilines is 1. The number of amides is 2. The molecule has 0 heterocycles. The minimum atomic E-state index is -0.297. The lowest BCUT2D eigenvalue weighted by Crippen LogP contribution is -2.31. The molecule has 0 saturated heterocycles. The van der Waals surface area contributed by atoms with Crippen molar-refractivity contribution >= 4 is 23.6 Å². The fraction of sp³-hybridized carbons (Fsp3) is 0.273. The summed E-state index contributed by atoms with van der Waals surface area (Å²) in [5, 5.41) is 5.67. The molecule has 2 amide bonds. The summed E-state index contributed by atoms with van der Waals surface area (Å²) in [5.74, 6) is 0.752. The topological polar surface area (TPSA) is 76.7 Å². The molecule has 0 fully saturated rings. The van der Waals surface area contributed by atoms with E-state index >= 15 is 0 Å². The van der Waals surface area contributed by atoms with Gasteiger partial charge >= 0.3 is 0 Å². The molecular formula is C22H26N2O4. The Bertz CT molecular complexity index is 861. The van der Waals surface area contributed by atoms with Crippen LogP contribution in [0.4, 0.5) is 5.69 Å². The molecule has 2 aromatic rings. The Balaban J connectivity index is 2.04. The smallest absolute Gasteiger partial charge is 0.251 e. The summed E-state index contributed by atoms with van der Waals surface area (Å²) in [6.45, 7) is 3.95. The number of benzene rings is 2. The van der Waals surface area contributed by atoms with E-state index in [4.69, 9.17) is 9.47 Å². The normalized spacial score (nSPS) is 11.7. The van der Waals surface area contributed by atoms with E-state index in [0.29, 0.717) is 22.7 Å². The van der Waals surface area contributed by atoms with Gasteiger partial charge in [-0.3, -0.25) is 9.59 Å². The molecule has 0 saturated carbocycles. The fourth-order valence-corrected chi connectivity index (χ4v) is 2.46. The predicted molar refractivity (Wildman–Crippen MR) is 111 cm³/mol. The zero-order chi connectivity index (χ0) is 20.5. The minimum Gasteiger partial charge on any atom is -0.493 e. The van der Waals surface area contributed by atoms with Crippen molar-refractivity contribution < 1.29 is 19.1 Å². The molecule has 0 aliphatic heterocycles. The summed E-state index contributed by atoms with van der Waals surface area (Å²) >= 11 is 0. The molecule has 0 aromatic heterocycles. The van der Waals surface area contributed by atoms with Gasteiger partial charge < -0.3 is 20.1 Å². The Morgan fingerprint density at radius 3 is 2.50 bits per heavy atom. The largest absolute Gasteiger partial charge is 0.493 e. The molecular weight excluding hydrogens is 356 g/mol. The molecule has 0 spiro atoms. The summed E-state index contributed by atoms with van der Waals surface area (Å²) in [4.78, 5) is 24.4. The van der Waals surface area contributed by atoms with E-state index in [1.807, 2.05) is 19.9 Å². The van der Waals surface area contributed by atoms with Gasteiger partial charge in [0.2, 0.25) is 5.91 Å². The van der Waals surface area contributed by atoms with Gasteiger partial charge in [0.25, 0.3) is 5.91 Å². The van der Waals surface area contributed by atoms with Crippen molar-refractivity contribution in [3.8, 4) is 11.5 Å². The average Bonchev–Trinajstić information content (AvgIpc) is 2.71. The third-order valence-electron chi connectivity index (χ3n) is 4.22. The van der Waals surface area contributed by atoms with E-state index in [1.54, 1.807) is 56.7 Å². The van der Waals surface area contributed by atoms with Crippen LogP contribution in [0, 0.1) is 0 Å². The highest BCUT2D eigenvalue weighted by atomic mass is 16.5. The lowest BCUT2D eigenvalue weighted by Gasteiger charge is -2.12. The number of nitrogens with one attached hydrogen (secondary N) is 2. The van der Waals surface area contributed by atoms with E-state index in [-0.39, 0.29) is 17.9 Å². The van der Waals surface area contributed by atoms with Gasteiger partial charge in [0.15, 0.2) is 11.5 Å². The summed E-state index contributed by atoms with van der Waals surface area (Å²) in [7, 11) is 3.13. The van der Waals surface area contributed by atoms with Gasteiger partial charge in [-0.2, -0.15) is 0 Å². The highest BCUT2D eigenvalue weighted by molar-refractivity contribution is 6.03. The van der Waals surface area contributed by atoms with E-state index < -0.39 is 0 Å². The minimum absolute atomic E-state index is 0.0927. The van der Waals surface area contributed by atoms with Gasteiger partial charge in [-0.1, -0.05) is 19.1 Å². The molecule has 2 aromatic carbocycles. The Labute approximate surface area is 165 Å². The summed E-state index contributed by atoms with van der Waals surface area (Å²) < 4.78 is 10.4. The molecule has 0 radical (unpaired) electrons. The molecule has 1 atom stereocenters. The average molecular weight is 382 g/mol. The lowest BCUT2D eigenvalue weighted by molar-refractivity contribution is -0.111. The van der Waals surface area contributed by atoms with E-state index in [0.717, 1.165) is 12.0 Å². The van der Waals surface area contributed by atoms with Crippen molar-refractivity contribution in [2.75, 3.05) is 19.5 Å². The summed E-state index contributed by atoms with van der Waals surface area (Å²) in [5.41, 5.74) is 1.86. The first kappa shape index (κ1) is 21.0. The van der Waals surface area contributed by atoms with Crippen molar-refractivity contribution in [2.24, 2.45) is 0 Å². The zero-order valence-electron chi connectivity index (χ0n) is 16.6. The first-order valence-corrected chi connectivity index (χ1v) is 9.08. The van der Waals surface area contributed by atoms with Crippen LogP contribution in [0.15, 0.2) is 48.5 Å². The van der Waals surface area contributed by atoms with Crippen LogP contribution >= 0.6 is 0 Å². The number of hydrogen-bond donors (Lipinski definition) is 2. The highest BCUT2D eigenvalue weighted by Crippen LogP contribution is 2.28. The zero-order valence-corrected chi connectivity index (χ0v) is 16.6. The van der Waals surface area contributed by atoms with E-state index in [1.165, 1.54) is 6.08 Å². The fourth-order valence-electron chi connectivity index (χ4n) is 2.46. The Kier molecular flexibility index (Phi) is 7.63. The number of hydrogen-bond acceptors (Lipinski definition) is 4. The summed E-state index contributed by atoms with van der Waals surface area (Å²) in [6, 6.07) is 12.3. The van der Waals surface area contributed by atoms with Crippen LogP contribution in [-0.4, -0.2) is 32.1 Å². The third kappa shape index (κ3) is 5.87. The standard InChI is InChI=1S/C22H26N2O4/c1-5-15(2)23-22(26)17-7-6-8-18(14-17)24-21(25)12-10-16-9-11-19(27-3)20(13-16)28-4/h6-15H,5H2,1-4H3,(H,23,26)(H,24,25)/b12-10+. The summed E-state index contributed by atoms with van der Waals surface area (Å²) in [6.07, 6.45) is 3.95. The monoisotopic (exact) mass is 382 g/mol. The first-order valence-electron chi connectivity index (χ1n) is 9.08. The maximum atomic E-state index is 12.2. The highest BCUT2D eigenvalue weighted by Gasteiger charge is 2.09. The van der Waals surface area contributed by atoms with Crippen LogP contribution in [0.1, 0.15) is 36.2 Å². The van der Waals surface area contributed by atoms with Crippen molar-refractivity contribution in [2.45, 2.75) is 26.3 Å². The van der Waals surface area contributed by atoms with Gasteiger partial charge in [-0.25, -0.2) is 0 Å². The molecule has 0 aliphatic carbocycles. The molecule has 148 valence electrons. The van der Waals surface area contributed by atoms with Gasteiger partial charge in [0.05, 0.1) is 14.2 Å². The maximum absolute atomic E-state index is 12.2. The van der Waals surface area contributed by atoms with Gasteiger partial charge in [-0.15, -0.1) is 0 Å². The van der Waals surface area contributed by atoms with Gasteiger partial charge in [-0.05, 0) is 55.3 Å². The van der Waals surface area contributed by atoms with E-state index in [9.17, 15) is 9.59 Å². The van der Waals surface area contributed by atoms with Crippen molar-refractivity contribution in [1.29, 1.82) is 0 Å². The number of carbonyl (C=O) groups excluding carboxylic acids is 2. The van der Waals surface area contributed by atoms with Gasteiger partial charge in [0.1, 0.15) is 0 Å². The van der Waals surface area contributed by atoms with Crippen LogP contribution in [0.2, 0.25) is 0 Å². The maximum Gasteiger partial charge on any atom is 0.251 e. The Hall–Kier alpha value is -3.28. The molecule has 0 bridgehead atoms. The molecule has 0 aliphatic rings. The molecule has 1 unspecified atom stereocenters. The van der Waals surface area contributed by atoms with Crippen molar-refractivity contribution in [3.05, 3.63) is 59.7 Å². The number of rotatable bonds is 8. The number of methoxy groups -OCH3 is 2. The molecule has 2 rings (SSSR count). The van der Waals surface area contributed by atoms with Crippen LogP contribution in [0.25, 0.3) is 6.08 Å². The van der Waals surface area contributed by atoms with E-state index in [2.05, 4.69) is 10.6 Å². The first-order chi connectivity index (χ1) is 13.5. The second-order valence-corrected chi connectivity index (χ2v) is 6.30. The predicted octanol–water partition coefficient (Wildman–Crippen LogP) is 3.88. The van der Waals surface area contributed by atoms with Crippen LogP contribution in [0.3, 0.4) is 0 Å².